The maximum Gasteiger partial charge on any atom is 0.245 e. The third kappa shape index (κ3) is 1.98. The molecule has 0 spiro atoms. The van der Waals surface area contributed by atoms with Crippen LogP contribution in [0.5, 0.6) is 0 Å². The summed E-state index contributed by atoms with van der Waals surface area (Å²) in [5.74, 6) is 2.15. The summed E-state index contributed by atoms with van der Waals surface area (Å²) >= 11 is 0. The average Bonchev–Trinajstić information content (AvgIpc) is 2.76. The number of ether oxygens (including phenoxy) is 1. The number of allylic oxidation sites excluding steroid dienone is 2. The van der Waals surface area contributed by atoms with Gasteiger partial charge in [0, 0.05) is 13.7 Å². The van der Waals surface area contributed by atoms with E-state index in [1.54, 1.807) is 7.11 Å². The highest BCUT2D eigenvalue weighted by Crippen LogP contribution is 2.42. The Morgan fingerprint density at radius 3 is 2.93 bits per heavy atom. The molecule has 0 aromatic rings. The molecule has 0 aromatic heterocycles. The van der Waals surface area contributed by atoms with E-state index in [0.717, 1.165) is 12.5 Å². The van der Waals surface area contributed by atoms with Crippen molar-refractivity contribution in [3.8, 4) is 0 Å². The molecule has 0 heterocycles. The van der Waals surface area contributed by atoms with Crippen LogP contribution < -0.4 is 5.32 Å². The molecule has 3 atom stereocenters. The number of carbonyl (C=O) groups is 1. The molecule has 2 aliphatic rings. The molecule has 3 nitrogen and oxygen atoms in total. The fourth-order valence-electron chi connectivity index (χ4n) is 2.56. The van der Waals surface area contributed by atoms with Crippen LogP contribution in [0.3, 0.4) is 0 Å². The van der Waals surface area contributed by atoms with Gasteiger partial charge in [0.1, 0.15) is 6.61 Å². The number of amides is 1. The van der Waals surface area contributed by atoms with Crippen LogP contribution in [0, 0.1) is 17.8 Å². The highest BCUT2D eigenvalue weighted by atomic mass is 16.5. The van der Waals surface area contributed by atoms with Crippen molar-refractivity contribution in [2.45, 2.75) is 12.8 Å². The molecular weight excluding hydrogens is 178 g/mol. The SMILES string of the molecule is COCC(=O)NC[C@@H]1C[C@H]2C=C[C@@H]1C2. The fourth-order valence-corrected chi connectivity index (χ4v) is 2.56. The van der Waals surface area contributed by atoms with Crippen LogP contribution in [-0.2, 0) is 9.53 Å². The topological polar surface area (TPSA) is 38.3 Å². The second kappa shape index (κ2) is 4.13. The number of hydrogen-bond donors (Lipinski definition) is 1. The molecule has 0 saturated heterocycles. The summed E-state index contributed by atoms with van der Waals surface area (Å²) in [5.41, 5.74) is 0. The van der Waals surface area contributed by atoms with Gasteiger partial charge in [-0.05, 0) is 30.6 Å². The van der Waals surface area contributed by atoms with Crippen LogP contribution in [0.25, 0.3) is 0 Å². The Morgan fingerprint density at radius 1 is 1.50 bits per heavy atom. The number of nitrogens with one attached hydrogen (secondary N) is 1. The summed E-state index contributed by atoms with van der Waals surface area (Å²) < 4.78 is 4.75. The Kier molecular flexibility index (Phi) is 2.87. The molecule has 3 heteroatoms. The van der Waals surface area contributed by atoms with Crippen molar-refractivity contribution in [1.29, 1.82) is 0 Å². The van der Waals surface area contributed by atoms with E-state index in [1.807, 2.05) is 0 Å². The number of carbonyl (C=O) groups excluding carboxylic acids is 1. The number of methoxy groups -OCH3 is 1. The molecule has 0 radical (unpaired) electrons. The van der Waals surface area contributed by atoms with E-state index in [1.165, 1.54) is 12.8 Å². The molecule has 1 N–H and O–H groups in total. The largest absolute Gasteiger partial charge is 0.375 e. The smallest absolute Gasteiger partial charge is 0.245 e. The van der Waals surface area contributed by atoms with Crippen LogP contribution in [0.1, 0.15) is 12.8 Å². The second-order valence-electron chi connectivity index (χ2n) is 4.28. The van der Waals surface area contributed by atoms with Crippen LogP contribution in [-0.4, -0.2) is 26.2 Å². The number of hydrogen-bond acceptors (Lipinski definition) is 2. The molecule has 1 amide bonds. The Balaban J connectivity index is 1.72. The van der Waals surface area contributed by atoms with E-state index < -0.39 is 0 Å². The average molecular weight is 195 g/mol. The summed E-state index contributed by atoms with van der Waals surface area (Å²) in [6.07, 6.45) is 7.17. The molecular formula is C11H17NO2. The number of rotatable bonds is 4. The Hall–Kier alpha value is -0.830. The Bertz CT molecular complexity index is 250. The van der Waals surface area contributed by atoms with Gasteiger partial charge in [0.25, 0.3) is 0 Å². The fraction of sp³-hybridized carbons (Fsp3) is 0.727. The molecule has 0 aliphatic heterocycles. The van der Waals surface area contributed by atoms with Crippen LogP contribution in [0.4, 0.5) is 0 Å². The minimum absolute atomic E-state index is 0.000692. The van der Waals surface area contributed by atoms with Crippen molar-refractivity contribution in [2.24, 2.45) is 17.8 Å². The Labute approximate surface area is 84.5 Å². The predicted molar refractivity (Wildman–Crippen MR) is 53.7 cm³/mol. The lowest BCUT2D eigenvalue weighted by molar-refractivity contribution is -0.124. The van der Waals surface area contributed by atoms with Crippen molar-refractivity contribution >= 4 is 5.91 Å². The van der Waals surface area contributed by atoms with Gasteiger partial charge in [-0.25, -0.2) is 0 Å². The van der Waals surface area contributed by atoms with E-state index in [4.69, 9.17) is 4.74 Å². The first-order chi connectivity index (χ1) is 6.79. The molecule has 2 bridgehead atoms. The van der Waals surface area contributed by atoms with E-state index in [2.05, 4.69) is 17.5 Å². The van der Waals surface area contributed by atoms with Crippen LogP contribution in [0.2, 0.25) is 0 Å². The first-order valence-electron chi connectivity index (χ1n) is 5.23. The van der Waals surface area contributed by atoms with Gasteiger partial charge in [0.15, 0.2) is 0 Å². The molecule has 0 unspecified atom stereocenters. The van der Waals surface area contributed by atoms with Gasteiger partial charge in [0.05, 0.1) is 0 Å². The van der Waals surface area contributed by atoms with E-state index in [0.29, 0.717) is 11.8 Å². The van der Waals surface area contributed by atoms with Crippen molar-refractivity contribution < 1.29 is 9.53 Å². The van der Waals surface area contributed by atoms with Gasteiger partial charge in [0.2, 0.25) is 5.91 Å². The lowest BCUT2D eigenvalue weighted by Crippen LogP contribution is -2.33. The number of fused-ring (bicyclic) bond motifs is 2. The third-order valence-electron chi connectivity index (χ3n) is 3.25. The van der Waals surface area contributed by atoms with Gasteiger partial charge in [-0.2, -0.15) is 0 Å². The maximum atomic E-state index is 11.2. The predicted octanol–water partition coefficient (Wildman–Crippen LogP) is 0.961. The van der Waals surface area contributed by atoms with Gasteiger partial charge in [-0.3, -0.25) is 4.79 Å². The quantitative estimate of drug-likeness (QED) is 0.679. The normalized spacial score (nSPS) is 33.6. The molecule has 78 valence electrons. The first kappa shape index (κ1) is 9.71. The zero-order chi connectivity index (χ0) is 9.97. The second-order valence-corrected chi connectivity index (χ2v) is 4.28. The zero-order valence-corrected chi connectivity index (χ0v) is 8.53. The molecule has 1 fully saturated rings. The molecule has 2 rings (SSSR count). The zero-order valence-electron chi connectivity index (χ0n) is 8.53. The third-order valence-corrected chi connectivity index (χ3v) is 3.25. The van der Waals surface area contributed by atoms with Gasteiger partial charge in [-0.15, -0.1) is 0 Å². The highest BCUT2D eigenvalue weighted by Gasteiger charge is 2.35. The van der Waals surface area contributed by atoms with E-state index in [-0.39, 0.29) is 12.5 Å². The van der Waals surface area contributed by atoms with Crippen molar-refractivity contribution in [2.75, 3.05) is 20.3 Å². The van der Waals surface area contributed by atoms with Crippen molar-refractivity contribution in [3.05, 3.63) is 12.2 Å². The molecule has 2 aliphatic carbocycles. The summed E-state index contributed by atoms with van der Waals surface area (Å²) in [4.78, 5) is 11.2. The monoisotopic (exact) mass is 195 g/mol. The summed E-state index contributed by atoms with van der Waals surface area (Å²) in [7, 11) is 1.54. The summed E-state index contributed by atoms with van der Waals surface area (Å²) in [6, 6.07) is 0. The summed E-state index contributed by atoms with van der Waals surface area (Å²) in [5, 5.41) is 2.91. The lowest BCUT2D eigenvalue weighted by Gasteiger charge is -2.18. The van der Waals surface area contributed by atoms with Crippen LogP contribution in [0.15, 0.2) is 12.2 Å². The maximum absolute atomic E-state index is 11.2. The van der Waals surface area contributed by atoms with Gasteiger partial charge < -0.3 is 10.1 Å². The van der Waals surface area contributed by atoms with E-state index >= 15 is 0 Å². The summed E-state index contributed by atoms with van der Waals surface area (Å²) in [6.45, 7) is 0.990. The molecule has 1 saturated carbocycles. The molecule has 0 aromatic carbocycles. The van der Waals surface area contributed by atoms with Gasteiger partial charge >= 0.3 is 0 Å². The van der Waals surface area contributed by atoms with Crippen molar-refractivity contribution in [3.63, 3.8) is 0 Å². The van der Waals surface area contributed by atoms with Gasteiger partial charge in [-0.1, -0.05) is 12.2 Å². The minimum Gasteiger partial charge on any atom is -0.375 e. The first-order valence-corrected chi connectivity index (χ1v) is 5.23. The highest BCUT2D eigenvalue weighted by molar-refractivity contribution is 5.77. The van der Waals surface area contributed by atoms with Crippen LogP contribution >= 0.6 is 0 Å². The van der Waals surface area contributed by atoms with Crippen molar-refractivity contribution in [1.82, 2.24) is 5.32 Å². The lowest BCUT2D eigenvalue weighted by atomic mass is 9.94. The standard InChI is InChI=1S/C11H17NO2/c1-14-7-11(13)12-6-10-5-8-2-3-9(10)4-8/h2-3,8-10H,4-7H2,1H3,(H,12,13)/t8-,9+,10-/m0/s1. The Morgan fingerprint density at radius 2 is 2.36 bits per heavy atom. The van der Waals surface area contributed by atoms with E-state index in [9.17, 15) is 4.79 Å². The minimum atomic E-state index is -0.000692. The molecule has 14 heavy (non-hydrogen) atoms.